The summed E-state index contributed by atoms with van der Waals surface area (Å²) >= 11 is 0. The van der Waals surface area contributed by atoms with E-state index in [0.717, 1.165) is 25.2 Å². The van der Waals surface area contributed by atoms with Crippen molar-refractivity contribution in [1.82, 2.24) is 20.6 Å². The lowest BCUT2D eigenvalue weighted by Gasteiger charge is -2.41. The summed E-state index contributed by atoms with van der Waals surface area (Å²) in [7, 11) is 1.69. The van der Waals surface area contributed by atoms with E-state index in [1.54, 1.807) is 7.05 Å². The Balaban J connectivity index is 1.72. The Bertz CT molecular complexity index is 578. The first-order chi connectivity index (χ1) is 11.9. The fourth-order valence-electron chi connectivity index (χ4n) is 2.78. The highest BCUT2D eigenvalue weighted by Gasteiger charge is 2.35. The van der Waals surface area contributed by atoms with E-state index in [9.17, 15) is 13.2 Å². The number of aliphatic imine (C=N–C) groups is 1. The van der Waals surface area contributed by atoms with Gasteiger partial charge in [0, 0.05) is 32.9 Å². The second kappa shape index (κ2) is 8.35. The van der Waals surface area contributed by atoms with Gasteiger partial charge in [-0.2, -0.15) is 13.2 Å². The molecule has 0 aromatic carbocycles. The summed E-state index contributed by atoms with van der Waals surface area (Å²) in [6.07, 6.45) is 1.52. The van der Waals surface area contributed by atoms with Gasteiger partial charge in [0.25, 0.3) is 0 Å². The van der Waals surface area contributed by atoms with Crippen molar-refractivity contribution in [2.75, 3.05) is 32.0 Å². The van der Waals surface area contributed by atoms with Gasteiger partial charge in [-0.15, -0.1) is 0 Å². The van der Waals surface area contributed by atoms with Crippen LogP contribution in [-0.4, -0.2) is 42.6 Å². The summed E-state index contributed by atoms with van der Waals surface area (Å²) in [5.41, 5.74) is -0.581. The van der Waals surface area contributed by atoms with E-state index in [1.165, 1.54) is 19.3 Å². The predicted octanol–water partition coefficient (Wildman–Crippen LogP) is 2.65. The first-order valence-corrected chi connectivity index (χ1v) is 8.47. The van der Waals surface area contributed by atoms with Crippen LogP contribution in [0, 0.1) is 5.41 Å². The first-order valence-electron chi connectivity index (χ1n) is 8.47. The maximum Gasteiger partial charge on any atom is 0.433 e. The van der Waals surface area contributed by atoms with Crippen LogP contribution in [0.2, 0.25) is 0 Å². The summed E-state index contributed by atoms with van der Waals surface area (Å²) in [6, 6.07) is 0.846. The van der Waals surface area contributed by atoms with E-state index in [2.05, 4.69) is 37.8 Å². The Morgan fingerprint density at radius 2 is 2.04 bits per heavy atom. The molecule has 1 aromatic heterocycles. The second-order valence-electron chi connectivity index (χ2n) is 6.25. The molecule has 0 radical (unpaired) electrons. The maximum absolute atomic E-state index is 12.6. The highest BCUT2D eigenvalue weighted by molar-refractivity contribution is 5.79. The van der Waals surface area contributed by atoms with Gasteiger partial charge in [-0.3, -0.25) is 4.99 Å². The Labute approximate surface area is 145 Å². The molecule has 1 heterocycles. The number of hydrogen-bond acceptors (Lipinski definition) is 4. The quantitative estimate of drug-likeness (QED) is 0.397. The number of nitrogens with one attached hydrogen (secondary N) is 3. The summed E-state index contributed by atoms with van der Waals surface area (Å²) in [5, 5.41) is 9.22. The number of anilines is 1. The Morgan fingerprint density at radius 1 is 1.28 bits per heavy atom. The molecular weight excluding hydrogens is 333 g/mol. The number of halogens is 3. The number of rotatable bonds is 7. The molecule has 0 amide bonds. The van der Waals surface area contributed by atoms with Crippen molar-refractivity contribution in [2.45, 2.75) is 38.8 Å². The summed E-state index contributed by atoms with van der Waals surface area (Å²) < 4.78 is 37.8. The molecule has 0 saturated heterocycles. The molecule has 140 valence electrons. The number of guanidine groups is 1. The van der Waals surface area contributed by atoms with Crippen molar-refractivity contribution in [2.24, 2.45) is 10.4 Å². The van der Waals surface area contributed by atoms with Gasteiger partial charge in [0.1, 0.15) is 5.69 Å². The number of aromatic nitrogens is 2. The molecule has 6 nitrogen and oxygen atoms in total. The Hall–Kier alpha value is -2.06. The van der Waals surface area contributed by atoms with Gasteiger partial charge < -0.3 is 16.0 Å². The number of hydrogen-bond donors (Lipinski definition) is 3. The van der Waals surface area contributed by atoms with Crippen LogP contribution in [-0.2, 0) is 6.18 Å². The van der Waals surface area contributed by atoms with Crippen LogP contribution in [0.15, 0.2) is 17.3 Å². The van der Waals surface area contributed by atoms with Gasteiger partial charge >= 0.3 is 6.18 Å². The van der Waals surface area contributed by atoms with E-state index < -0.39 is 11.9 Å². The fourth-order valence-corrected chi connectivity index (χ4v) is 2.78. The molecule has 1 aromatic rings. The topological polar surface area (TPSA) is 74.2 Å². The van der Waals surface area contributed by atoms with Crippen molar-refractivity contribution >= 4 is 11.9 Å². The SMILES string of the molecule is CCC1(CNC(=NC)NCCNc2nccc(C(F)(F)F)n2)CCC1. The van der Waals surface area contributed by atoms with Gasteiger partial charge in [0.15, 0.2) is 5.96 Å². The monoisotopic (exact) mass is 358 g/mol. The molecular formula is C16H25F3N6. The average molecular weight is 358 g/mol. The van der Waals surface area contributed by atoms with Crippen LogP contribution >= 0.6 is 0 Å². The van der Waals surface area contributed by atoms with Gasteiger partial charge in [0.05, 0.1) is 0 Å². The highest BCUT2D eigenvalue weighted by atomic mass is 19.4. The molecule has 0 bridgehead atoms. The number of nitrogens with zero attached hydrogens (tertiary/aromatic N) is 3. The maximum atomic E-state index is 12.6. The van der Waals surface area contributed by atoms with Crippen molar-refractivity contribution in [3.63, 3.8) is 0 Å². The third-order valence-electron chi connectivity index (χ3n) is 4.67. The van der Waals surface area contributed by atoms with Crippen molar-refractivity contribution < 1.29 is 13.2 Å². The minimum Gasteiger partial charge on any atom is -0.356 e. The zero-order valence-corrected chi connectivity index (χ0v) is 14.6. The highest BCUT2D eigenvalue weighted by Crippen LogP contribution is 2.42. The van der Waals surface area contributed by atoms with E-state index in [-0.39, 0.29) is 5.95 Å². The lowest BCUT2D eigenvalue weighted by Crippen LogP contribution is -2.47. The first kappa shape index (κ1) is 19.3. The van der Waals surface area contributed by atoms with E-state index >= 15 is 0 Å². The van der Waals surface area contributed by atoms with Gasteiger partial charge in [-0.1, -0.05) is 13.3 Å². The summed E-state index contributed by atoms with van der Waals surface area (Å²) in [4.78, 5) is 11.4. The van der Waals surface area contributed by atoms with E-state index in [1.807, 2.05) is 0 Å². The minimum atomic E-state index is -4.47. The molecule has 1 saturated carbocycles. The Kier molecular flexibility index (Phi) is 6.44. The molecule has 1 aliphatic rings. The van der Waals surface area contributed by atoms with Crippen LogP contribution < -0.4 is 16.0 Å². The van der Waals surface area contributed by atoms with Crippen molar-refractivity contribution in [3.8, 4) is 0 Å². The van der Waals surface area contributed by atoms with Gasteiger partial charge in [-0.05, 0) is 30.7 Å². The van der Waals surface area contributed by atoms with E-state index in [4.69, 9.17) is 0 Å². The predicted molar refractivity (Wildman–Crippen MR) is 91.5 cm³/mol. The van der Waals surface area contributed by atoms with E-state index in [0.29, 0.717) is 24.5 Å². The van der Waals surface area contributed by atoms with Crippen molar-refractivity contribution in [1.29, 1.82) is 0 Å². The lowest BCUT2D eigenvalue weighted by molar-refractivity contribution is -0.141. The third kappa shape index (κ3) is 5.47. The molecule has 1 aliphatic carbocycles. The standard InChI is InChI=1S/C16H25F3N6/c1-3-15(6-4-7-15)11-24-13(20-2)22-9-10-23-14-21-8-5-12(25-14)16(17,18)19/h5,8H,3-4,6-7,9-11H2,1-2H3,(H2,20,22,24)(H,21,23,25). The largest absolute Gasteiger partial charge is 0.433 e. The average Bonchev–Trinajstić information content (AvgIpc) is 2.55. The molecule has 0 aliphatic heterocycles. The van der Waals surface area contributed by atoms with Crippen LogP contribution in [0.5, 0.6) is 0 Å². The smallest absolute Gasteiger partial charge is 0.356 e. The van der Waals surface area contributed by atoms with Crippen LogP contribution in [0.1, 0.15) is 38.3 Å². The van der Waals surface area contributed by atoms with Crippen LogP contribution in [0.3, 0.4) is 0 Å². The molecule has 0 spiro atoms. The van der Waals surface area contributed by atoms with Crippen LogP contribution in [0.25, 0.3) is 0 Å². The molecule has 25 heavy (non-hydrogen) atoms. The van der Waals surface area contributed by atoms with Crippen LogP contribution in [0.4, 0.5) is 19.1 Å². The van der Waals surface area contributed by atoms with Crippen molar-refractivity contribution in [3.05, 3.63) is 18.0 Å². The molecule has 0 atom stereocenters. The molecule has 3 N–H and O–H groups in total. The zero-order valence-electron chi connectivity index (χ0n) is 14.6. The molecule has 9 heteroatoms. The fraction of sp³-hybridized carbons (Fsp3) is 0.688. The lowest BCUT2D eigenvalue weighted by atomic mass is 9.67. The molecule has 2 rings (SSSR count). The summed E-state index contributed by atoms with van der Waals surface area (Å²) in [5.74, 6) is 0.644. The zero-order chi connectivity index (χ0) is 18.3. The Morgan fingerprint density at radius 3 is 2.60 bits per heavy atom. The molecule has 0 unspecified atom stereocenters. The summed E-state index contributed by atoms with van der Waals surface area (Å²) in [6.45, 7) is 3.95. The normalized spacial score (nSPS) is 16.9. The third-order valence-corrected chi connectivity index (χ3v) is 4.67. The second-order valence-corrected chi connectivity index (χ2v) is 6.25. The van der Waals surface area contributed by atoms with Gasteiger partial charge in [0.2, 0.25) is 5.95 Å². The van der Waals surface area contributed by atoms with Gasteiger partial charge in [-0.25, -0.2) is 9.97 Å². The minimum absolute atomic E-state index is 0.0426. The molecule has 1 fully saturated rings. The number of alkyl halides is 3.